The van der Waals surface area contributed by atoms with Gasteiger partial charge in [-0.2, -0.15) is 0 Å². The molecule has 0 saturated heterocycles. The van der Waals surface area contributed by atoms with Gasteiger partial charge in [0.25, 0.3) is 0 Å². The lowest BCUT2D eigenvalue weighted by molar-refractivity contribution is -0.413. The summed E-state index contributed by atoms with van der Waals surface area (Å²) < 4.78 is 5.42. The quantitative estimate of drug-likeness (QED) is 0.737. The molecule has 0 aromatic heterocycles. The fraction of sp³-hybridized carbons (Fsp3) is 0.385. The summed E-state index contributed by atoms with van der Waals surface area (Å²) in [5, 5.41) is 0. The Bertz CT molecular complexity index is 343. The molecule has 15 heavy (non-hydrogen) atoms. The summed E-state index contributed by atoms with van der Waals surface area (Å²) in [6.45, 7) is 4.38. The van der Waals surface area contributed by atoms with Crippen LogP contribution < -0.4 is 10.5 Å². The van der Waals surface area contributed by atoms with Crippen molar-refractivity contribution in [2.45, 2.75) is 26.3 Å². The minimum atomic E-state index is 0.447. The SMILES string of the molecule is CC#CCOc1ccc(C[C@@H](C)[NH3+])cc1. The second kappa shape index (κ2) is 6.10. The highest BCUT2D eigenvalue weighted by Gasteiger charge is 2.00. The van der Waals surface area contributed by atoms with Gasteiger partial charge in [-0.3, -0.25) is 0 Å². The molecule has 0 amide bonds. The maximum Gasteiger partial charge on any atom is 0.149 e. The van der Waals surface area contributed by atoms with Crippen molar-refractivity contribution in [2.24, 2.45) is 0 Å². The van der Waals surface area contributed by atoms with E-state index in [1.807, 2.05) is 19.1 Å². The topological polar surface area (TPSA) is 36.9 Å². The van der Waals surface area contributed by atoms with Crippen molar-refractivity contribution in [3.05, 3.63) is 29.8 Å². The molecule has 1 rings (SSSR count). The molecule has 0 saturated carbocycles. The molecular weight excluding hydrogens is 186 g/mol. The summed E-state index contributed by atoms with van der Waals surface area (Å²) in [5.74, 6) is 6.53. The zero-order chi connectivity index (χ0) is 11.1. The largest absolute Gasteiger partial charge is 0.481 e. The summed E-state index contributed by atoms with van der Waals surface area (Å²) >= 11 is 0. The summed E-state index contributed by atoms with van der Waals surface area (Å²) in [4.78, 5) is 0. The van der Waals surface area contributed by atoms with Gasteiger partial charge in [0.1, 0.15) is 12.4 Å². The highest BCUT2D eigenvalue weighted by Crippen LogP contribution is 2.12. The number of ether oxygens (including phenoxy) is 1. The molecule has 0 bridgehead atoms. The van der Waals surface area contributed by atoms with Gasteiger partial charge < -0.3 is 10.5 Å². The molecule has 1 aromatic carbocycles. The van der Waals surface area contributed by atoms with Gasteiger partial charge in [0.15, 0.2) is 0 Å². The van der Waals surface area contributed by atoms with Crippen LogP contribution in [-0.4, -0.2) is 12.6 Å². The van der Waals surface area contributed by atoms with Crippen LogP contribution in [0.4, 0.5) is 0 Å². The van der Waals surface area contributed by atoms with E-state index in [2.05, 4.69) is 36.6 Å². The van der Waals surface area contributed by atoms with Crippen LogP contribution in [-0.2, 0) is 6.42 Å². The van der Waals surface area contributed by atoms with Crippen LogP contribution in [0.2, 0.25) is 0 Å². The normalized spacial score (nSPS) is 11.4. The lowest BCUT2D eigenvalue weighted by Crippen LogP contribution is -2.60. The van der Waals surface area contributed by atoms with Crippen molar-refractivity contribution in [3.63, 3.8) is 0 Å². The molecule has 0 spiro atoms. The van der Waals surface area contributed by atoms with Crippen molar-refractivity contribution in [1.29, 1.82) is 0 Å². The molecule has 0 radical (unpaired) electrons. The maximum absolute atomic E-state index is 5.42. The standard InChI is InChI=1S/C13H17NO/c1-3-4-9-15-13-7-5-12(6-8-13)10-11(2)14/h5-8,11H,9-10,14H2,1-2H3/p+1/t11-/m1/s1. The van der Waals surface area contributed by atoms with Crippen LogP contribution in [0.3, 0.4) is 0 Å². The van der Waals surface area contributed by atoms with E-state index >= 15 is 0 Å². The van der Waals surface area contributed by atoms with E-state index in [1.54, 1.807) is 0 Å². The minimum absolute atomic E-state index is 0.447. The summed E-state index contributed by atoms with van der Waals surface area (Å²) in [5.41, 5.74) is 5.26. The Labute approximate surface area is 91.4 Å². The first-order valence-electron chi connectivity index (χ1n) is 5.17. The van der Waals surface area contributed by atoms with Crippen LogP contribution in [0.5, 0.6) is 5.75 Å². The molecule has 0 aliphatic carbocycles. The molecule has 1 aromatic rings. The van der Waals surface area contributed by atoms with E-state index in [4.69, 9.17) is 4.74 Å². The van der Waals surface area contributed by atoms with E-state index < -0.39 is 0 Å². The predicted molar refractivity (Wildman–Crippen MR) is 61.4 cm³/mol. The van der Waals surface area contributed by atoms with Crippen molar-refractivity contribution in [3.8, 4) is 17.6 Å². The average molecular weight is 204 g/mol. The Morgan fingerprint density at radius 3 is 2.53 bits per heavy atom. The number of hydrogen-bond donors (Lipinski definition) is 1. The smallest absolute Gasteiger partial charge is 0.149 e. The first kappa shape index (κ1) is 11.6. The predicted octanol–water partition coefficient (Wildman–Crippen LogP) is 1.26. The van der Waals surface area contributed by atoms with E-state index in [0.717, 1.165) is 12.2 Å². The van der Waals surface area contributed by atoms with Gasteiger partial charge in [0.05, 0.1) is 6.04 Å². The van der Waals surface area contributed by atoms with Crippen molar-refractivity contribution < 1.29 is 10.5 Å². The first-order valence-corrected chi connectivity index (χ1v) is 5.17. The molecule has 2 nitrogen and oxygen atoms in total. The molecule has 0 heterocycles. The Morgan fingerprint density at radius 1 is 1.33 bits per heavy atom. The monoisotopic (exact) mass is 204 g/mol. The number of rotatable bonds is 4. The Hall–Kier alpha value is -1.46. The third-order valence-electron chi connectivity index (χ3n) is 2.00. The molecule has 2 heteroatoms. The van der Waals surface area contributed by atoms with Gasteiger partial charge in [-0.25, -0.2) is 0 Å². The first-order chi connectivity index (χ1) is 7.22. The molecule has 3 N–H and O–H groups in total. The molecule has 0 aliphatic heterocycles. The Morgan fingerprint density at radius 2 is 2.00 bits per heavy atom. The number of hydrogen-bond acceptors (Lipinski definition) is 1. The van der Waals surface area contributed by atoms with Crippen LogP contribution in [0, 0.1) is 11.8 Å². The zero-order valence-electron chi connectivity index (χ0n) is 9.42. The highest BCUT2D eigenvalue weighted by molar-refractivity contribution is 5.27. The van der Waals surface area contributed by atoms with Crippen molar-refractivity contribution >= 4 is 0 Å². The van der Waals surface area contributed by atoms with E-state index in [-0.39, 0.29) is 0 Å². The fourth-order valence-corrected chi connectivity index (χ4v) is 1.32. The van der Waals surface area contributed by atoms with Gasteiger partial charge in [0, 0.05) is 6.42 Å². The van der Waals surface area contributed by atoms with Crippen LogP contribution >= 0.6 is 0 Å². The highest BCUT2D eigenvalue weighted by atomic mass is 16.5. The number of benzene rings is 1. The Balaban J connectivity index is 2.51. The maximum atomic E-state index is 5.42. The van der Waals surface area contributed by atoms with Crippen LogP contribution in [0.1, 0.15) is 19.4 Å². The second-order valence-electron chi connectivity index (χ2n) is 3.67. The molecule has 0 unspecified atom stereocenters. The van der Waals surface area contributed by atoms with Gasteiger partial charge in [-0.1, -0.05) is 18.1 Å². The fourth-order valence-electron chi connectivity index (χ4n) is 1.32. The minimum Gasteiger partial charge on any atom is -0.481 e. The molecular formula is C13H18NO+. The molecule has 0 fully saturated rings. The lowest BCUT2D eigenvalue weighted by atomic mass is 10.1. The summed E-state index contributed by atoms with van der Waals surface area (Å²) in [6.07, 6.45) is 1.01. The van der Waals surface area contributed by atoms with E-state index in [9.17, 15) is 0 Å². The third-order valence-corrected chi connectivity index (χ3v) is 2.00. The molecule has 0 aliphatic rings. The Kier molecular flexibility index (Phi) is 4.73. The van der Waals surface area contributed by atoms with Gasteiger partial charge >= 0.3 is 0 Å². The average Bonchev–Trinajstić information content (AvgIpc) is 2.20. The van der Waals surface area contributed by atoms with Gasteiger partial charge in [-0.15, -0.1) is 5.92 Å². The van der Waals surface area contributed by atoms with Crippen LogP contribution in [0.25, 0.3) is 0 Å². The van der Waals surface area contributed by atoms with Crippen molar-refractivity contribution in [2.75, 3.05) is 6.61 Å². The molecule has 1 atom stereocenters. The molecule has 80 valence electrons. The van der Waals surface area contributed by atoms with E-state index in [1.165, 1.54) is 5.56 Å². The summed E-state index contributed by atoms with van der Waals surface area (Å²) in [6, 6.07) is 8.57. The van der Waals surface area contributed by atoms with E-state index in [0.29, 0.717) is 12.6 Å². The van der Waals surface area contributed by atoms with Crippen molar-refractivity contribution in [1.82, 2.24) is 0 Å². The van der Waals surface area contributed by atoms with Gasteiger partial charge in [-0.05, 0) is 31.5 Å². The summed E-state index contributed by atoms with van der Waals surface area (Å²) in [7, 11) is 0. The second-order valence-corrected chi connectivity index (χ2v) is 3.67. The zero-order valence-corrected chi connectivity index (χ0v) is 9.42. The van der Waals surface area contributed by atoms with Crippen LogP contribution in [0.15, 0.2) is 24.3 Å². The third kappa shape index (κ3) is 4.53. The lowest BCUT2D eigenvalue weighted by Gasteiger charge is -2.05. The van der Waals surface area contributed by atoms with Gasteiger partial charge in [0.2, 0.25) is 0 Å². The number of quaternary nitrogens is 1.